The minimum absolute atomic E-state index is 0.190. The van der Waals surface area contributed by atoms with Gasteiger partial charge in [-0.15, -0.1) is 10.2 Å². The van der Waals surface area contributed by atoms with Crippen LogP contribution in [0.1, 0.15) is 13.8 Å². The fraction of sp³-hybridized carbons (Fsp3) is 0.235. The molecule has 0 saturated carbocycles. The van der Waals surface area contributed by atoms with E-state index < -0.39 is 15.7 Å². The third-order valence-electron chi connectivity index (χ3n) is 3.52. The van der Waals surface area contributed by atoms with E-state index in [9.17, 15) is 9.00 Å². The van der Waals surface area contributed by atoms with Crippen molar-refractivity contribution in [3.63, 3.8) is 0 Å². The van der Waals surface area contributed by atoms with Gasteiger partial charge in [0.05, 0.1) is 11.0 Å². The maximum Gasteiger partial charge on any atom is 0.240 e. The molecule has 0 spiro atoms. The number of nitrogens with one attached hydrogen (secondary N) is 1. The molecular formula is C17H18N4O3S2. The average Bonchev–Trinajstić information content (AvgIpc) is 3.24. The Balaban J connectivity index is 1.85. The van der Waals surface area contributed by atoms with Crippen molar-refractivity contribution in [1.82, 2.24) is 14.2 Å². The van der Waals surface area contributed by atoms with Gasteiger partial charge in [-0.05, 0) is 38.1 Å². The van der Waals surface area contributed by atoms with Crippen LogP contribution in [0.3, 0.4) is 0 Å². The zero-order valence-electron chi connectivity index (χ0n) is 14.5. The van der Waals surface area contributed by atoms with E-state index in [2.05, 4.69) is 15.5 Å². The highest BCUT2D eigenvalue weighted by molar-refractivity contribution is 8.01. The minimum atomic E-state index is -1.41. The summed E-state index contributed by atoms with van der Waals surface area (Å²) >= 11 is 1.19. The largest absolute Gasteiger partial charge is 0.461 e. The molecule has 7 nitrogen and oxygen atoms in total. The van der Waals surface area contributed by atoms with E-state index >= 15 is 0 Å². The number of para-hydroxylation sites is 1. The van der Waals surface area contributed by atoms with Gasteiger partial charge in [-0.1, -0.05) is 30.0 Å². The first-order valence-electron chi connectivity index (χ1n) is 7.77. The molecule has 9 heteroatoms. The molecule has 2 aromatic heterocycles. The zero-order valence-corrected chi connectivity index (χ0v) is 16.1. The molecule has 1 amide bonds. The lowest BCUT2D eigenvalue weighted by Gasteiger charge is -2.22. The Kier molecular flexibility index (Phi) is 5.28. The number of thioether (sulfide) groups is 1. The van der Waals surface area contributed by atoms with Crippen molar-refractivity contribution in [1.29, 1.82) is 0 Å². The van der Waals surface area contributed by atoms with E-state index in [0.29, 0.717) is 22.4 Å². The summed E-state index contributed by atoms with van der Waals surface area (Å²) in [5, 5.41) is 11.4. The fourth-order valence-corrected chi connectivity index (χ4v) is 4.09. The predicted octanol–water partition coefficient (Wildman–Crippen LogP) is 3.19. The third kappa shape index (κ3) is 3.88. The zero-order chi connectivity index (χ0) is 18.7. The molecule has 1 aromatic carbocycles. The molecule has 0 aliphatic carbocycles. The molecule has 1 unspecified atom stereocenters. The first-order valence-corrected chi connectivity index (χ1v) is 10.1. The lowest BCUT2D eigenvalue weighted by Crippen LogP contribution is -2.34. The van der Waals surface area contributed by atoms with E-state index in [1.54, 1.807) is 26.0 Å². The maximum absolute atomic E-state index is 12.7. The van der Waals surface area contributed by atoms with E-state index in [-0.39, 0.29) is 5.91 Å². The van der Waals surface area contributed by atoms with Crippen LogP contribution in [0.2, 0.25) is 0 Å². The van der Waals surface area contributed by atoms with E-state index in [0.717, 1.165) is 0 Å². The molecule has 3 aromatic rings. The van der Waals surface area contributed by atoms with Crippen molar-refractivity contribution in [3.05, 3.63) is 48.7 Å². The van der Waals surface area contributed by atoms with Gasteiger partial charge in [-0.2, -0.15) is 0 Å². The number of nitrogens with zero attached hydrogens (tertiary/aromatic N) is 3. The molecule has 1 atom stereocenters. The highest BCUT2D eigenvalue weighted by Crippen LogP contribution is 2.34. The van der Waals surface area contributed by atoms with Crippen LogP contribution in [0.4, 0.5) is 5.69 Å². The number of aromatic nitrogens is 3. The summed E-state index contributed by atoms with van der Waals surface area (Å²) in [5.41, 5.74) is 0.711. The Labute approximate surface area is 157 Å². The number of furan rings is 1. The lowest BCUT2D eigenvalue weighted by atomic mass is 10.2. The Morgan fingerprint density at radius 2 is 1.92 bits per heavy atom. The number of benzene rings is 1. The molecular weight excluding hydrogens is 372 g/mol. The fourth-order valence-electron chi connectivity index (χ4n) is 2.19. The highest BCUT2D eigenvalue weighted by atomic mass is 32.2. The van der Waals surface area contributed by atoms with Gasteiger partial charge < -0.3 is 9.73 Å². The second kappa shape index (κ2) is 7.46. The molecule has 0 fully saturated rings. The van der Waals surface area contributed by atoms with Crippen molar-refractivity contribution in [2.24, 2.45) is 0 Å². The summed E-state index contributed by atoms with van der Waals surface area (Å²) in [6.45, 7) is 3.56. The number of hydrogen-bond donors (Lipinski definition) is 1. The Hall–Kier alpha value is -2.39. The van der Waals surface area contributed by atoms with E-state index in [4.69, 9.17) is 4.42 Å². The van der Waals surface area contributed by atoms with E-state index in [1.807, 2.05) is 30.3 Å². The van der Waals surface area contributed by atoms with Crippen LogP contribution in [0, 0.1) is 0 Å². The number of carbonyl (C=O) groups is 1. The quantitative estimate of drug-likeness (QED) is 0.650. The van der Waals surface area contributed by atoms with Crippen LogP contribution in [0.5, 0.6) is 0 Å². The predicted molar refractivity (Wildman–Crippen MR) is 102 cm³/mol. The second-order valence-corrected chi connectivity index (χ2v) is 8.74. The van der Waals surface area contributed by atoms with Crippen molar-refractivity contribution in [2.45, 2.75) is 23.8 Å². The first kappa shape index (κ1) is 18.4. The SMILES string of the molecule is CS(=O)n1c(SC(C)(C)C(=O)Nc2ccccc2)nnc1-c1ccco1. The average molecular weight is 390 g/mol. The molecule has 0 bridgehead atoms. The molecule has 0 radical (unpaired) electrons. The van der Waals surface area contributed by atoms with Crippen LogP contribution in [0.15, 0.2) is 58.3 Å². The highest BCUT2D eigenvalue weighted by Gasteiger charge is 2.33. The summed E-state index contributed by atoms with van der Waals surface area (Å²) < 4.78 is 18.2. The molecule has 0 aliphatic heterocycles. The molecule has 3 rings (SSSR count). The van der Waals surface area contributed by atoms with E-state index in [1.165, 1.54) is 28.3 Å². The van der Waals surface area contributed by atoms with Crippen LogP contribution in [0.25, 0.3) is 11.6 Å². The topological polar surface area (TPSA) is 90.0 Å². The second-order valence-electron chi connectivity index (χ2n) is 5.93. The number of anilines is 1. The summed E-state index contributed by atoms with van der Waals surface area (Å²) in [5.74, 6) is 0.633. The summed E-state index contributed by atoms with van der Waals surface area (Å²) in [6.07, 6.45) is 3.04. The minimum Gasteiger partial charge on any atom is -0.461 e. The Bertz CT molecular complexity index is 921. The van der Waals surface area contributed by atoms with Gasteiger partial charge in [0.25, 0.3) is 0 Å². The van der Waals surface area contributed by atoms with Crippen LogP contribution >= 0.6 is 11.8 Å². The first-order chi connectivity index (χ1) is 12.4. The third-order valence-corrected chi connectivity index (χ3v) is 5.64. The number of hydrogen-bond acceptors (Lipinski definition) is 6. The molecule has 0 saturated heterocycles. The normalized spacial score (nSPS) is 12.7. The van der Waals surface area contributed by atoms with Gasteiger partial charge in [-0.25, -0.2) is 8.18 Å². The lowest BCUT2D eigenvalue weighted by molar-refractivity contribution is -0.117. The van der Waals surface area contributed by atoms with Gasteiger partial charge in [-0.3, -0.25) is 4.79 Å². The Morgan fingerprint density at radius 3 is 2.54 bits per heavy atom. The van der Waals surface area contributed by atoms with Crippen LogP contribution < -0.4 is 5.32 Å². The van der Waals surface area contributed by atoms with Gasteiger partial charge in [0.1, 0.15) is 11.0 Å². The summed E-state index contributed by atoms with van der Waals surface area (Å²) in [4.78, 5) is 12.7. The molecule has 1 N–H and O–H groups in total. The van der Waals surface area contributed by atoms with Crippen molar-refractivity contribution in [3.8, 4) is 11.6 Å². The standard InChI is InChI=1S/C17H18N4O3S2/c1-17(2,15(22)18-12-8-5-4-6-9-12)25-16-20-19-14(21(16)26(3)23)13-10-7-11-24-13/h4-11H,1-3H3,(H,18,22). The molecule has 26 heavy (non-hydrogen) atoms. The van der Waals surface area contributed by atoms with Crippen molar-refractivity contribution < 1.29 is 13.4 Å². The van der Waals surface area contributed by atoms with Gasteiger partial charge in [0.2, 0.25) is 16.9 Å². The molecule has 0 aliphatic rings. The van der Waals surface area contributed by atoms with Crippen molar-refractivity contribution in [2.75, 3.05) is 11.6 Å². The summed E-state index contributed by atoms with van der Waals surface area (Å²) in [6, 6.07) is 12.6. The van der Waals surface area contributed by atoms with Crippen LogP contribution in [-0.2, 0) is 15.8 Å². The monoisotopic (exact) mass is 390 g/mol. The number of rotatable bonds is 6. The number of amides is 1. The number of carbonyl (C=O) groups excluding carboxylic acids is 1. The maximum atomic E-state index is 12.7. The molecule has 136 valence electrons. The van der Waals surface area contributed by atoms with Gasteiger partial charge >= 0.3 is 0 Å². The van der Waals surface area contributed by atoms with Gasteiger partial charge in [0.15, 0.2) is 5.76 Å². The Morgan fingerprint density at radius 1 is 1.19 bits per heavy atom. The summed E-state index contributed by atoms with van der Waals surface area (Å²) in [7, 11) is -1.41. The van der Waals surface area contributed by atoms with Crippen LogP contribution in [-0.4, -0.2) is 35.3 Å². The smallest absolute Gasteiger partial charge is 0.240 e. The van der Waals surface area contributed by atoms with Crippen molar-refractivity contribution >= 4 is 34.3 Å². The molecule has 2 heterocycles. The van der Waals surface area contributed by atoms with Gasteiger partial charge in [0, 0.05) is 11.9 Å².